The van der Waals surface area contributed by atoms with Gasteiger partial charge in [-0.2, -0.15) is 0 Å². The van der Waals surface area contributed by atoms with Crippen molar-refractivity contribution in [3.8, 4) is 0 Å². The normalized spacial score (nSPS) is 17.5. The van der Waals surface area contributed by atoms with Gasteiger partial charge >= 0.3 is 5.97 Å². The lowest BCUT2D eigenvalue weighted by Crippen LogP contribution is -2.04. The van der Waals surface area contributed by atoms with Crippen LogP contribution in [0.15, 0.2) is 29.7 Å². The van der Waals surface area contributed by atoms with Crippen molar-refractivity contribution in [1.29, 1.82) is 0 Å². The van der Waals surface area contributed by atoms with E-state index in [1.807, 2.05) is 23.0 Å². The van der Waals surface area contributed by atoms with Crippen LogP contribution < -0.4 is 0 Å². The molecular formula is C15H15NO3S. The zero-order valence-corrected chi connectivity index (χ0v) is 12.3. The van der Waals surface area contributed by atoms with Crippen LogP contribution in [0, 0.1) is 6.92 Å². The molecule has 1 aliphatic heterocycles. The number of rotatable bonds is 2. The van der Waals surface area contributed by atoms with E-state index in [1.165, 1.54) is 0 Å². The van der Waals surface area contributed by atoms with Crippen molar-refractivity contribution < 1.29 is 13.7 Å². The molecule has 1 atom stereocenters. The van der Waals surface area contributed by atoms with Crippen molar-refractivity contribution in [2.75, 3.05) is 6.61 Å². The molecule has 20 heavy (non-hydrogen) atoms. The summed E-state index contributed by atoms with van der Waals surface area (Å²) in [5.41, 5.74) is 3.47. The monoisotopic (exact) mass is 289 g/mol. The van der Waals surface area contributed by atoms with Gasteiger partial charge in [0.15, 0.2) is 11.0 Å². The highest BCUT2D eigenvalue weighted by molar-refractivity contribution is 7.88. The van der Waals surface area contributed by atoms with Gasteiger partial charge < -0.3 is 4.74 Å². The lowest BCUT2D eigenvalue weighted by molar-refractivity contribution is 0.0526. The van der Waals surface area contributed by atoms with E-state index >= 15 is 0 Å². The molecule has 3 rings (SSSR count). The summed E-state index contributed by atoms with van der Waals surface area (Å²) in [5.74, 6) is -0.328. The summed E-state index contributed by atoms with van der Waals surface area (Å²) in [6, 6.07) is 5.36. The minimum atomic E-state index is -1.21. The molecule has 2 heterocycles. The largest absolute Gasteiger partial charge is 0.462 e. The Kier molecular flexibility index (Phi) is 3.01. The first-order valence-corrected chi connectivity index (χ1v) is 7.56. The van der Waals surface area contributed by atoms with Gasteiger partial charge in [0.05, 0.1) is 17.7 Å². The smallest absolute Gasteiger partial charge is 0.338 e. The third-order valence-corrected chi connectivity index (χ3v) is 4.97. The number of fused-ring (bicyclic) bond motifs is 3. The molecule has 0 N–H and O–H groups in total. The second-order valence-corrected chi connectivity index (χ2v) is 6.22. The molecule has 4 nitrogen and oxygen atoms in total. The number of aromatic nitrogens is 1. The van der Waals surface area contributed by atoms with Crippen molar-refractivity contribution in [2.45, 2.75) is 20.3 Å². The SMILES string of the molecule is C=C1Cc2c(C)c3cc(C(=O)OCC)ccc3n2S1=O. The molecule has 0 amide bonds. The van der Waals surface area contributed by atoms with Gasteiger partial charge in [-0.3, -0.25) is 3.97 Å². The van der Waals surface area contributed by atoms with Crippen molar-refractivity contribution in [3.05, 3.63) is 46.5 Å². The Morgan fingerprint density at radius 1 is 1.50 bits per heavy atom. The molecule has 0 spiro atoms. The average molecular weight is 289 g/mol. The van der Waals surface area contributed by atoms with Crippen LogP contribution >= 0.6 is 0 Å². The Hall–Kier alpha value is -1.88. The average Bonchev–Trinajstić information content (AvgIpc) is 2.87. The van der Waals surface area contributed by atoms with Crippen LogP contribution in [0.4, 0.5) is 0 Å². The number of aryl methyl sites for hydroxylation is 1. The zero-order chi connectivity index (χ0) is 14.4. The molecule has 0 aliphatic carbocycles. The van der Waals surface area contributed by atoms with Gasteiger partial charge in [-0.25, -0.2) is 9.00 Å². The van der Waals surface area contributed by atoms with E-state index in [1.54, 1.807) is 13.0 Å². The predicted molar refractivity (Wildman–Crippen MR) is 79.0 cm³/mol. The van der Waals surface area contributed by atoms with Crippen LogP contribution in [0.5, 0.6) is 0 Å². The summed E-state index contributed by atoms with van der Waals surface area (Å²) in [4.78, 5) is 12.5. The molecule has 5 heteroatoms. The highest BCUT2D eigenvalue weighted by Crippen LogP contribution is 2.34. The Labute approximate surface area is 119 Å². The van der Waals surface area contributed by atoms with Crippen molar-refractivity contribution in [1.82, 2.24) is 3.97 Å². The van der Waals surface area contributed by atoms with Gasteiger partial charge in [-0.15, -0.1) is 0 Å². The van der Waals surface area contributed by atoms with E-state index < -0.39 is 11.0 Å². The summed E-state index contributed by atoms with van der Waals surface area (Å²) >= 11 is 0. The molecule has 0 radical (unpaired) electrons. The fourth-order valence-electron chi connectivity index (χ4n) is 2.58. The van der Waals surface area contributed by atoms with E-state index in [0.29, 0.717) is 18.6 Å². The van der Waals surface area contributed by atoms with Crippen LogP contribution in [-0.2, 0) is 22.1 Å². The fourth-order valence-corrected chi connectivity index (χ4v) is 3.84. The van der Waals surface area contributed by atoms with E-state index in [4.69, 9.17) is 4.74 Å². The second kappa shape index (κ2) is 4.59. The van der Waals surface area contributed by atoms with E-state index in [2.05, 4.69) is 6.58 Å². The number of nitrogens with zero attached hydrogens (tertiary/aromatic N) is 1. The highest BCUT2D eigenvalue weighted by Gasteiger charge is 2.27. The highest BCUT2D eigenvalue weighted by atomic mass is 32.2. The second-order valence-electron chi connectivity index (χ2n) is 4.78. The molecule has 1 aromatic heterocycles. The number of carbonyl (C=O) groups is 1. The maximum atomic E-state index is 12.2. The Balaban J connectivity index is 2.19. The van der Waals surface area contributed by atoms with Gasteiger partial charge in [0, 0.05) is 22.4 Å². The maximum absolute atomic E-state index is 12.2. The minimum absolute atomic E-state index is 0.328. The first-order valence-electron chi connectivity index (χ1n) is 6.45. The summed E-state index contributed by atoms with van der Waals surface area (Å²) in [6.07, 6.45) is 0.627. The van der Waals surface area contributed by atoms with E-state index in [0.717, 1.165) is 27.1 Å². The zero-order valence-electron chi connectivity index (χ0n) is 11.4. The summed E-state index contributed by atoms with van der Waals surface area (Å²) in [5, 5.41) is 0.950. The molecule has 0 bridgehead atoms. The fraction of sp³-hybridized carbons (Fsp3) is 0.267. The predicted octanol–water partition coefficient (Wildman–Crippen LogP) is 2.71. The van der Waals surface area contributed by atoms with Crippen LogP contribution in [-0.4, -0.2) is 20.8 Å². The molecule has 1 aliphatic rings. The topological polar surface area (TPSA) is 48.3 Å². The molecule has 0 saturated carbocycles. The third kappa shape index (κ3) is 1.73. The first kappa shape index (κ1) is 13.1. The molecular weight excluding hydrogens is 274 g/mol. The minimum Gasteiger partial charge on any atom is -0.462 e. The number of benzene rings is 1. The Morgan fingerprint density at radius 3 is 2.95 bits per heavy atom. The van der Waals surface area contributed by atoms with Crippen LogP contribution in [0.2, 0.25) is 0 Å². The van der Waals surface area contributed by atoms with Crippen molar-refractivity contribution in [2.24, 2.45) is 0 Å². The van der Waals surface area contributed by atoms with Crippen molar-refractivity contribution >= 4 is 27.9 Å². The summed E-state index contributed by atoms with van der Waals surface area (Å²) in [6.45, 7) is 7.96. The molecule has 2 aromatic rings. The van der Waals surface area contributed by atoms with Crippen molar-refractivity contribution in [3.63, 3.8) is 0 Å². The molecule has 104 valence electrons. The number of ether oxygens (including phenoxy) is 1. The summed E-state index contributed by atoms with van der Waals surface area (Å²) in [7, 11) is -1.21. The first-order chi connectivity index (χ1) is 9.54. The van der Waals surface area contributed by atoms with E-state index in [9.17, 15) is 9.00 Å². The Morgan fingerprint density at radius 2 is 2.25 bits per heavy atom. The van der Waals surface area contributed by atoms with Gasteiger partial charge in [0.2, 0.25) is 0 Å². The standard InChI is InChI=1S/C15H15NO3S/c1-4-19-15(17)11-5-6-13-12(8-11)10(3)14-7-9(2)20(18)16(13)14/h5-6,8H,2,4,7H2,1,3H3. The molecule has 1 aromatic carbocycles. The number of esters is 1. The maximum Gasteiger partial charge on any atom is 0.338 e. The van der Waals surface area contributed by atoms with Gasteiger partial charge in [0.1, 0.15) is 0 Å². The number of carbonyl (C=O) groups excluding carboxylic acids is 1. The number of allylic oxidation sites excluding steroid dienone is 1. The number of hydrogen-bond donors (Lipinski definition) is 0. The molecule has 0 saturated heterocycles. The Bertz CT molecular complexity index is 773. The van der Waals surface area contributed by atoms with Crippen LogP contribution in [0.25, 0.3) is 10.9 Å². The van der Waals surface area contributed by atoms with Gasteiger partial charge in [-0.05, 0) is 37.6 Å². The number of hydrogen-bond acceptors (Lipinski definition) is 3. The lowest BCUT2D eigenvalue weighted by Gasteiger charge is -2.04. The quantitative estimate of drug-likeness (QED) is 0.799. The third-order valence-electron chi connectivity index (χ3n) is 3.59. The molecule has 1 unspecified atom stereocenters. The van der Waals surface area contributed by atoms with Crippen LogP contribution in [0.3, 0.4) is 0 Å². The van der Waals surface area contributed by atoms with Gasteiger partial charge in [-0.1, -0.05) is 6.58 Å². The lowest BCUT2D eigenvalue weighted by atomic mass is 10.1. The van der Waals surface area contributed by atoms with E-state index in [-0.39, 0.29) is 5.97 Å². The van der Waals surface area contributed by atoms with Crippen LogP contribution in [0.1, 0.15) is 28.5 Å². The molecule has 0 fully saturated rings. The summed E-state index contributed by atoms with van der Waals surface area (Å²) < 4.78 is 19.0. The van der Waals surface area contributed by atoms with Gasteiger partial charge in [0.25, 0.3) is 0 Å².